The van der Waals surface area contributed by atoms with E-state index in [1.54, 1.807) is 0 Å². The van der Waals surface area contributed by atoms with Gasteiger partial charge in [-0.1, -0.05) is 5.21 Å². The Morgan fingerprint density at radius 3 is 2.67 bits per heavy atom. The molecule has 2 rings (SSSR count). The van der Waals surface area contributed by atoms with Crippen molar-refractivity contribution in [3.8, 4) is 0 Å². The van der Waals surface area contributed by atoms with Gasteiger partial charge in [0, 0.05) is 6.92 Å². The minimum Gasteiger partial charge on any atom is -0.394 e. The highest BCUT2D eigenvalue weighted by Crippen LogP contribution is 2.27. The van der Waals surface area contributed by atoms with E-state index >= 15 is 0 Å². The summed E-state index contributed by atoms with van der Waals surface area (Å²) in [5.41, 5.74) is 0.279. The Labute approximate surface area is 120 Å². The molecular formula is C11H18N4O6. The number of ether oxygens (including phenoxy) is 1. The molecule has 5 atom stereocenters. The zero-order valence-electron chi connectivity index (χ0n) is 11.3. The molecule has 1 aliphatic heterocycles. The van der Waals surface area contributed by atoms with E-state index in [4.69, 9.17) is 9.84 Å². The van der Waals surface area contributed by atoms with Crippen LogP contribution >= 0.6 is 0 Å². The van der Waals surface area contributed by atoms with Crippen molar-refractivity contribution < 1.29 is 30.0 Å². The molecular weight excluding hydrogens is 284 g/mol. The molecule has 0 bridgehead atoms. The summed E-state index contributed by atoms with van der Waals surface area (Å²) >= 11 is 0. The van der Waals surface area contributed by atoms with Crippen LogP contribution in [0.2, 0.25) is 0 Å². The van der Waals surface area contributed by atoms with Crippen molar-refractivity contribution in [1.29, 1.82) is 0 Å². The number of aromatic nitrogens is 3. The van der Waals surface area contributed by atoms with Crippen LogP contribution in [0.1, 0.15) is 18.8 Å². The molecule has 0 aliphatic carbocycles. The van der Waals surface area contributed by atoms with E-state index in [1.807, 2.05) is 0 Å². The topological polar surface area (TPSA) is 150 Å². The molecule has 21 heavy (non-hydrogen) atoms. The second-order valence-corrected chi connectivity index (χ2v) is 4.80. The van der Waals surface area contributed by atoms with Gasteiger partial charge in [-0.3, -0.25) is 4.79 Å². The minimum absolute atomic E-state index is 0.279. The number of aliphatic hydroxyl groups is 4. The molecule has 2 heterocycles. The van der Waals surface area contributed by atoms with E-state index in [9.17, 15) is 20.1 Å². The Balaban J connectivity index is 2.30. The maximum absolute atomic E-state index is 11.3. The number of carbonyl (C=O) groups excluding carboxylic acids is 1. The highest BCUT2D eigenvalue weighted by molar-refractivity contribution is 5.73. The van der Waals surface area contributed by atoms with Crippen molar-refractivity contribution in [2.75, 3.05) is 6.61 Å². The molecule has 10 nitrogen and oxygen atoms in total. The molecule has 10 heteroatoms. The predicted octanol–water partition coefficient (Wildman–Crippen LogP) is -3.11. The largest absolute Gasteiger partial charge is 0.394 e. The zero-order chi connectivity index (χ0) is 15.6. The van der Waals surface area contributed by atoms with Crippen molar-refractivity contribution >= 4 is 5.91 Å². The van der Waals surface area contributed by atoms with Gasteiger partial charge in [0.25, 0.3) is 0 Å². The lowest BCUT2D eigenvalue weighted by Crippen LogP contribution is -2.62. The summed E-state index contributed by atoms with van der Waals surface area (Å²) in [5.74, 6) is -0.426. The molecule has 1 aliphatic rings. The Morgan fingerprint density at radius 2 is 2.14 bits per heavy atom. The van der Waals surface area contributed by atoms with Crippen LogP contribution in [0.5, 0.6) is 0 Å². The van der Waals surface area contributed by atoms with Gasteiger partial charge in [0.1, 0.15) is 30.0 Å². The Morgan fingerprint density at radius 1 is 1.43 bits per heavy atom. The lowest BCUT2D eigenvalue weighted by atomic mass is 9.96. The van der Waals surface area contributed by atoms with Gasteiger partial charge in [0.2, 0.25) is 5.91 Å². The summed E-state index contributed by atoms with van der Waals surface area (Å²) < 4.78 is 6.69. The number of hydrogen-bond acceptors (Lipinski definition) is 8. The second kappa shape index (κ2) is 6.45. The molecule has 1 amide bonds. The fourth-order valence-electron chi connectivity index (χ4n) is 2.22. The number of nitrogens with zero attached hydrogens (tertiary/aromatic N) is 3. The van der Waals surface area contributed by atoms with E-state index in [0.29, 0.717) is 0 Å². The lowest BCUT2D eigenvalue weighted by molar-refractivity contribution is -0.219. The number of aliphatic hydroxyl groups excluding tert-OH is 4. The van der Waals surface area contributed by atoms with Gasteiger partial charge >= 0.3 is 0 Å². The maximum Gasteiger partial charge on any atom is 0.217 e. The molecule has 5 N–H and O–H groups in total. The second-order valence-electron chi connectivity index (χ2n) is 4.80. The Bertz CT molecular complexity index is 495. The fourth-order valence-corrected chi connectivity index (χ4v) is 2.22. The third kappa shape index (κ3) is 3.19. The molecule has 0 aromatic carbocycles. The van der Waals surface area contributed by atoms with Crippen molar-refractivity contribution in [3.63, 3.8) is 0 Å². The average Bonchev–Trinajstić information content (AvgIpc) is 2.92. The van der Waals surface area contributed by atoms with Crippen LogP contribution in [0, 0.1) is 0 Å². The van der Waals surface area contributed by atoms with Crippen LogP contribution in [0.15, 0.2) is 6.20 Å². The van der Waals surface area contributed by atoms with E-state index in [2.05, 4.69) is 15.6 Å². The minimum atomic E-state index is -1.36. The summed E-state index contributed by atoms with van der Waals surface area (Å²) in [4.78, 5) is 11.3. The summed E-state index contributed by atoms with van der Waals surface area (Å²) in [7, 11) is 0. The van der Waals surface area contributed by atoms with Gasteiger partial charge in [-0.25, -0.2) is 4.68 Å². The van der Waals surface area contributed by atoms with Crippen LogP contribution in [0.3, 0.4) is 0 Å². The van der Waals surface area contributed by atoms with Gasteiger partial charge in [-0.05, 0) is 0 Å². The van der Waals surface area contributed by atoms with Crippen molar-refractivity contribution in [2.24, 2.45) is 0 Å². The first kappa shape index (κ1) is 15.8. The molecule has 0 unspecified atom stereocenters. The van der Waals surface area contributed by atoms with Crippen molar-refractivity contribution in [1.82, 2.24) is 20.3 Å². The lowest BCUT2D eigenvalue weighted by Gasteiger charge is -2.42. The summed E-state index contributed by atoms with van der Waals surface area (Å²) in [5, 5.41) is 48.1. The van der Waals surface area contributed by atoms with Crippen LogP contribution in [-0.2, 0) is 16.1 Å². The summed E-state index contributed by atoms with van der Waals surface area (Å²) in [6, 6.07) is -0.978. The van der Waals surface area contributed by atoms with Crippen molar-refractivity contribution in [3.05, 3.63) is 11.9 Å². The molecule has 0 spiro atoms. The molecule has 0 radical (unpaired) electrons. The summed E-state index contributed by atoms with van der Waals surface area (Å²) in [6.45, 7) is 0.421. The number of hydrogen-bond donors (Lipinski definition) is 5. The third-order valence-corrected chi connectivity index (χ3v) is 3.25. The van der Waals surface area contributed by atoms with E-state index in [1.165, 1.54) is 17.8 Å². The van der Waals surface area contributed by atoms with Crippen LogP contribution in [0.25, 0.3) is 0 Å². The van der Waals surface area contributed by atoms with E-state index in [0.717, 1.165) is 0 Å². The molecule has 1 aromatic rings. The SMILES string of the molecule is CC(=O)N[C@@H]1[C@@H](O)[C@H](O)[C@@H](CO)O[C@H]1n1cc(CO)nn1. The smallest absolute Gasteiger partial charge is 0.217 e. The Kier molecular flexibility index (Phi) is 4.85. The molecule has 118 valence electrons. The average molecular weight is 302 g/mol. The quantitative estimate of drug-likeness (QED) is 0.392. The van der Waals surface area contributed by atoms with Crippen molar-refractivity contribution in [2.45, 2.75) is 44.1 Å². The number of rotatable bonds is 4. The van der Waals surface area contributed by atoms with Gasteiger partial charge in [0.05, 0.1) is 19.4 Å². The highest BCUT2D eigenvalue weighted by Gasteiger charge is 2.45. The fraction of sp³-hybridized carbons (Fsp3) is 0.727. The van der Waals surface area contributed by atoms with Gasteiger partial charge < -0.3 is 30.5 Å². The first-order chi connectivity index (χ1) is 9.97. The monoisotopic (exact) mass is 302 g/mol. The van der Waals surface area contributed by atoms with Gasteiger partial charge in [0.15, 0.2) is 6.23 Å². The predicted molar refractivity (Wildman–Crippen MR) is 66.6 cm³/mol. The van der Waals surface area contributed by atoms with Gasteiger partial charge in [-0.15, -0.1) is 5.10 Å². The summed E-state index contributed by atoms with van der Waals surface area (Å²) in [6.07, 6.45) is -3.33. The van der Waals surface area contributed by atoms with Crippen LogP contribution in [-0.4, -0.2) is 72.3 Å². The van der Waals surface area contributed by atoms with Crippen LogP contribution in [0.4, 0.5) is 0 Å². The number of amides is 1. The normalized spacial score (nSPS) is 32.9. The molecule has 0 saturated carbocycles. The number of nitrogens with one attached hydrogen (secondary N) is 1. The van der Waals surface area contributed by atoms with E-state index < -0.39 is 43.1 Å². The van der Waals surface area contributed by atoms with Crippen LogP contribution < -0.4 is 5.32 Å². The molecule has 1 fully saturated rings. The Hall–Kier alpha value is -1.59. The van der Waals surface area contributed by atoms with E-state index in [-0.39, 0.29) is 12.3 Å². The number of carbonyl (C=O) groups is 1. The maximum atomic E-state index is 11.3. The molecule has 1 saturated heterocycles. The standard InChI is InChI=1S/C11H18N4O6/c1-5(18)12-8-10(20)9(19)7(4-17)21-11(8)15-2-6(3-16)13-14-15/h2,7-11,16-17,19-20H,3-4H2,1H3,(H,12,18)/t7-,8-,9-,10-,11-/m1/s1. The first-order valence-corrected chi connectivity index (χ1v) is 6.39. The highest BCUT2D eigenvalue weighted by atomic mass is 16.5. The molecule has 1 aromatic heterocycles. The first-order valence-electron chi connectivity index (χ1n) is 6.39. The third-order valence-electron chi connectivity index (χ3n) is 3.25. The van der Waals surface area contributed by atoms with Gasteiger partial charge in [-0.2, -0.15) is 0 Å². The zero-order valence-corrected chi connectivity index (χ0v) is 11.3.